The number of H-pyrrole nitrogens is 1. The molecule has 0 aliphatic carbocycles. The average Bonchev–Trinajstić information content (AvgIpc) is 2.12. The number of fused-ring (bicyclic) bond motifs is 1. The molecule has 0 bridgehead atoms. The summed E-state index contributed by atoms with van der Waals surface area (Å²) in [5.41, 5.74) is 2.05. The Hall–Kier alpha value is -0.610. The molecule has 1 aromatic rings. The maximum atomic E-state index is 11.5. The summed E-state index contributed by atoms with van der Waals surface area (Å²) >= 11 is 3.20. The van der Waals surface area contributed by atoms with E-state index in [1.165, 1.54) is 0 Å². The normalized spacial score (nSPS) is 15.8. The predicted octanol–water partition coefficient (Wildman–Crippen LogP) is 0.783. The van der Waals surface area contributed by atoms with Gasteiger partial charge in [0.15, 0.2) is 5.43 Å². The zero-order valence-corrected chi connectivity index (χ0v) is 8.07. The summed E-state index contributed by atoms with van der Waals surface area (Å²) in [6.07, 6.45) is 2.63. The molecule has 0 aromatic carbocycles. The van der Waals surface area contributed by atoms with Crippen molar-refractivity contribution in [2.75, 3.05) is 6.54 Å². The number of pyridine rings is 1. The Bertz CT molecular complexity index is 359. The molecule has 12 heavy (non-hydrogen) atoms. The summed E-state index contributed by atoms with van der Waals surface area (Å²) in [6.45, 7) is 1.63. The van der Waals surface area contributed by atoms with Crippen LogP contribution in [0.25, 0.3) is 0 Å². The van der Waals surface area contributed by atoms with Gasteiger partial charge < -0.3 is 10.3 Å². The first-order chi connectivity index (χ1) is 5.79. The second kappa shape index (κ2) is 3.03. The fourth-order valence-corrected chi connectivity index (χ4v) is 1.77. The van der Waals surface area contributed by atoms with E-state index in [4.69, 9.17) is 0 Å². The van der Waals surface area contributed by atoms with Crippen LogP contribution in [0, 0.1) is 0 Å². The van der Waals surface area contributed by atoms with Crippen molar-refractivity contribution in [2.24, 2.45) is 0 Å². The van der Waals surface area contributed by atoms with Gasteiger partial charge >= 0.3 is 0 Å². The van der Waals surface area contributed by atoms with Gasteiger partial charge in [0.2, 0.25) is 0 Å². The summed E-state index contributed by atoms with van der Waals surface area (Å²) in [5, 5.41) is 3.17. The minimum Gasteiger partial charge on any atom is -0.363 e. The van der Waals surface area contributed by atoms with Gasteiger partial charge in [0.05, 0.1) is 4.47 Å². The monoisotopic (exact) mass is 228 g/mol. The Kier molecular flexibility index (Phi) is 2.02. The first-order valence-corrected chi connectivity index (χ1v) is 4.68. The highest BCUT2D eigenvalue weighted by Gasteiger charge is 2.13. The van der Waals surface area contributed by atoms with Crippen LogP contribution in [0.15, 0.2) is 15.5 Å². The molecular weight excluding hydrogens is 220 g/mol. The summed E-state index contributed by atoms with van der Waals surface area (Å²) in [4.78, 5) is 14.6. The molecule has 0 spiro atoms. The van der Waals surface area contributed by atoms with Crippen molar-refractivity contribution in [1.82, 2.24) is 10.3 Å². The van der Waals surface area contributed by atoms with Gasteiger partial charge in [-0.05, 0) is 15.9 Å². The lowest BCUT2D eigenvalue weighted by atomic mass is 10.1. The Balaban J connectivity index is 2.62. The second-order valence-electron chi connectivity index (χ2n) is 2.85. The number of rotatable bonds is 0. The fourth-order valence-electron chi connectivity index (χ4n) is 1.42. The summed E-state index contributed by atoms with van der Waals surface area (Å²) in [7, 11) is 0. The third-order valence-electron chi connectivity index (χ3n) is 2.08. The topological polar surface area (TPSA) is 44.9 Å². The van der Waals surface area contributed by atoms with Crippen molar-refractivity contribution in [3.05, 3.63) is 32.2 Å². The second-order valence-corrected chi connectivity index (χ2v) is 3.70. The van der Waals surface area contributed by atoms with Crippen molar-refractivity contribution >= 4 is 15.9 Å². The molecule has 2 N–H and O–H groups in total. The smallest absolute Gasteiger partial charge is 0.200 e. The fraction of sp³-hybridized carbons (Fsp3) is 0.375. The number of aromatic nitrogens is 1. The Labute approximate surface area is 78.3 Å². The van der Waals surface area contributed by atoms with Gasteiger partial charge in [-0.25, -0.2) is 0 Å². The lowest BCUT2D eigenvalue weighted by Gasteiger charge is -2.15. The van der Waals surface area contributed by atoms with Gasteiger partial charge in [0.25, 0.3) is 0 Å². The van der Waals surface area contributed by atoms with E-state index in [9.17, 15) is 4.79 Å². The standard InChI is InChI=1S/C8H9BrN2O/c9-6-4-11-7-1-2-10-3-5(7)8(6)12/h4,10H,1-3H2,(H,11,12). The number of halogens is 1. The molecule has 0 fully saturated rings. The molecule has 3 nitrogen and oxygen atoms in total. The van der Waals surface area contributed by atoms with Crippen LogP contribution in [0.2, 0.25) is 0 Å². The minimum absolute atomic E-state index is 0.107. The molecule has 1 aliphatic rings. The Morgan fingerprint density at radius 1 is 1.50 bits per heavy atom. The van der Waals surface area contributed by atoms with E-state index in [2.05, 4.69) is 26.2 Å². The van der Waals surface area contributed by atoms with Crippen LogP contribution in [-0.4, -0.2) is 11.5 Å². The van der Waals surface area contributed by atoms with Gasteiger partial charge in [-0.1, -0.05) is 0 Å². The molecule has 2 heterocycles. The predicted molar refractivity (Wildman–Crippen MR) is 50.2 cm³/mol. The van der Waals surface area contributed by atoms with Gasteiger partial charge in [0.1, 0.15) is 0 Å². The van der Waals surface area contributed by atoms with E-state index in [0.29, 0.717) is 11.0 Å². The van der Waals surface area contributed by atoms with Crippen LogP contribution in [0.5, 0.6) is 0 Å². The van der Waals surface area contributed by atoms with Crippen LogP contribution in [0.3, 0.4) is 0 Å². The lowest BCUT2D eigenvalue weighted by molar-refractivity contribution is 0.625. The van der Waals surface area contributed by atoms with Gasteiger partial charge in [-0.2, -0.15) is 0 Å². The zero-order chi connectivity index (χ0) is 8.55. The van der Waals surface area contributed by atoms with Crippen molar-refractivity contribution in [2.45, 2.75) is 13.0 Å². The van der Waals surface area contributed by atoms with E-state index in [1.54, 1.807) is 6.20 Å². The molecular formula is C8H9BrN2O. The van der Waals surface area contributed by atoms with E-state index >= 15 is 0 Å². The summed E-state index contributed by atoms with van der Waals surface area (Å²) in [5.74, 6) is 0. The molecule has 2 rings (SSSR count). The molecule has 1 aliphatic heterocycles. The third kappa shape index (κ3) is 1.21. The SMILES string of the molecule is O=c1c(Br)c[nH]c2c1CNCC2. The largest absolute Gasteiger partial charge is 0.363 e. The van der Waals surface area contributed by atoms with Crippen molar-refractivity contribution < 1.29 is 0 Å². The quantitative estimate of drug-likeness (QED) is 0.690. The van der Waals surface area contributed by atoms with E-state index in [0.717, 1.165) is 24.2 Å². The molecule has 1 aromatic heterocycles. The van der Waals surface area contributed by atoms with Crippen molar-refractivity contribution in [1.29, 1.82) is 0 Å². The van der Waals surface area contributed by atoms with Gasteiger partial charge in [-0.3, -0.25) is 4.79 Å². The number of hydrogen-bond acceptors (Lipinski definition) is 2. The van der Waals surface area contributed by atoms with E-state index in [-0.39, 0.29) is 5.43 Å². The number of aromatic amines is 1. The van der Waals surface area contributed by atoms with Crippen LogP contribution < -0.4 is 10.7 Å². The maximum absolute atomic E-state index is 11.5. The molecule has 0 unspecified atom stereocenters. The molecule has 0 saturated carbocycles. The highest BCUT2D eigenvalue weighted by atomic mass is 79.9. The van der Waals surface area contributed by atoms with E-state index < -0.39 is 0 Å². The van der Waals surface area contributed by atoms with Crippen LogP contribution in [0.1, 0.15) is 11.3 Å². The zero-order valence-electron chi connectivity index (χ0n) is 6.48. The number of hydrogen-bond donors (Lipinski definition) is 2. The molecule has 64 valence electrons. The molecule has 0 saturated heterocycles. The van der Waals surface area contributed by atoms with Crippen LogP contribution >= 0.6 is 15.9 Å². The first kappa shape index (κ1) is 8.01. The average molecular weight is 229 g/mol. The van der Waals surface area contributed by atoms with Crippen LogP contribution in [0.4, 0.5) is 0 Å². The molecule has 0 amide bonds. The van der Waals surface area contributed by atoms with Gasteiger partial charge in [0, 0.05) is 37.0 Å². The Morgan fingerprint density at radius 2 is 2.33 bits per heavy atom. The van der Waals surface area contributed by atoms with Crippen LogP contribution in [-0.2, 0) is 13.0 Å². The highest BCUT2D eigenvalue weighted by molar-refractivity contribution is 9.10. The third-order valence-corrected chi connectivity index (χ3v) is 2.67. The van der Waals surface area contributed by atoms with Crippen molar-refractivity contribution in [3.63, 3.8) is 0 Å². The maximum Gasteiger partial charge on any atom is 0.200 e. The summed E-state index contributed by atoms with van der Waals surface area (Å²) < 4.78 is 0.616. The number of nitrogens with one attached hydrogen (secondary N) is 2. The Morgan fingerprint density at radius 3 is 3.17 bits per heavy atom. The van der Waals surface area contributed by atoms with E-state index in [1.807, 2.05) is 0 Å². The minimum atomic E-state index is 0.107. The summed E-state index contributed by atoms with van der Waals surface area (Å²) in [6, 6.07) is 0. The molecule has 0 atom stereocenters. The highest BCUT2D eigenvalue weighted by Crippen LogP contribution is 2.10. The molecule has 4 heteroatoms. The van der Waals surface area contributed by atoms with Crippen molar-refractivity contribution in [3.8, 4) is 0 Å². The van der Waals surface area contributed by atoms with Gasteiger partial charge in [-0.15, -0.1) is 0 Å². The first-order valence-electron chi connectivity index (χ1n) is 3.88. The molecule has 0 radical (unpaired) electrons. The lowest BCUT2D eigenvalue weighted by Crippen LogP contribution is -2.30.